The van der Waals surface area contributed by atoms with Gasteiger partial charge in [0.05, 0.1) is 20.1 Å². The molecule has 1 unspecified atom stereocenters. The Bertz CT molecular complexity index is 676. The number of ketones is 1. The highest BCUT2D eigenvalue weighted by molar-refractivity contribution is 6.01. The van der Waals surface area contributed by atoms with Crippen molar-refractivity contribution in [1.82, 2.24) is 0 Å². The summed E-state index contributed by atoms with van der Waals surface area (Å²) in [4.78, 5) is 23.6. The van der Waals surface area contributed by atoms with Gasteiger partial charge in [0.25, 0.3) is 0 Å². The van der Waals surface area contributed by atoms with Crippen LogP contribution in [0, 0.1) is 5.92 Å². The number of fused-ring (bicyclic) bond motifs is 1. The molecule has 0 amide bonds. The Hall–Kier alpha value is -2.36. The molecule has 2 rings (SSSR count). The summed E-state index contributed by atoms with van der Waals surface area (Å²) in [6.07, 6.45) is 0.147. The Balaban J connectivity index is 2.22. The van der Waals surface area contributed by atoms with E-state index in [1.54, 1.807) is 20.1 Å². The van der Waals surface area contributed by atoms with E-state index in [1.807, 2.05) is 30.3 Å². The van der Waals surface area contributed by atoms with Crippen molar-refractivity contribution in [3.8, 4) is 5.75 Å². The second-order valence-corrected chi connectivity index (χ2v) is 4.98. The maximum absolute atomic E-state index is 12.2. The second kappa shape index (κ2) is 6.39. The number of esters is 1. The maximum Gasteiger partial charge on any atom is 0.308 e. The van der Waals surface area contributed by atoms with Crippen LogP contribution in [0.25, 0.3) is 10.8 Å². The van der Waals surface area contributed by atoms with Crippen molar-refractivity contribution < 1.29 is 19.1 Å². The third-order valence-corrected chi connectivity index (χ3v) is 3.46. The number of Topliss-reactive ketones (excluding diaryl/α,β-unsaturated/α-hetero) is 1. The fourth-order valence-corrected chi connectivity index (χ4v) is 2.20. The highest BCUT2D eigenvalue weighted by Crippen LogP contribution is 2.23. The Morgan fingerprint density at radius 3 is 2.38 bits per heavy atom. The first-order valence-corrected chi connectivity index (χ1v) is 6.74. The molecule has 0 fully saturated rings. The van der Waals surface area contributed by atoms with Crippen LogP contribution in [0.5, 0.6) is 5.75 Å². The molecule has 0 bridgehead atoms. The van der Waals surface area contributed by atoms with E-state index in [-0.39, 0.29) is 18.2 Å². The third kappa shape index (κ3) is 3.40. The molecule has 2 aromatic rings. The van der Waals surface area contributed by atoms with Crippen molar-refractivity contribution in [3.05, 3.63) is 42.0 Å². The highest BCUT2D eigenvalue weighted by atomic mass is 16.5. The van der Waals surface area contributed by atoms with E-state index in [0.717, 1.165) is 16.5 Å². The molecule has 0 saturated carbocycles. The lowest BCUT2D eigenvalue weighted by atomic mass is 9.97. The molecule has 4 nitrogen and oxygen atoms in total. The second-order valence-electron chi connectivity index (χ2n) is 4.98. The highest BCUT2D eigenvalue weighted by Gasteiger charge is 2.18. The summed E-state index contributed by atoms with van der Waals surface area (Å²) in [5.41, 5.74) is 0.600. The first kappa shape index (κ1) is 15.0. The van der Waals surface area contributed by atoms with Crippen LogP contribution in [0.2, 0.25) is 0 Å². The first-order chi connectivity index (χ1) is 10.0. The fraction of sp³-hybridized carbons (Fsp3) is 0.294. The predicted octanol–water partition coefficient (Wildman–Crippen LogP) is 3.23. The molecule has 4 heteroatoms. The molecule has 0 aliphatic heterocycles. The number of hydrogen-bond donors (Lipinski definition) is 0. The standard InChI is InChI=1S/C17H18O4/c1-11(17(19)21-3)8-16(18)14-5-4-13-10-15(20-2)7-6-12(13)9-14/h4-7,9-11H,8H2,1-3H3. The summed E-state index contributed by atoms with van der Waals surface area (Å²) in [5, 5.41) is 1.97. The third-order valence-electron chi connectivity index (χ3n) is 3.46. The van der Waals surface area contributed by atoms with E-state index in [1.165, 1.54) is 7.11 Å². The minimum atomic E-state index is -0.436. The Morgan fingerprint density at radius 1 is 1.05 bits per heavy atom. The molecule has 0 N–H and O–H groups in total. The lowest BCUT2D eigenvalue weighted by Gasteiger charge is -2.09. The SMILES string of the molecule is COC(=O)C(C)CC(=O)c1ccc2cc(OC)ccc2c1. The van der Waals surface area contributed by atoms with Crippen LogP contribution in [0.15, 0.2) is 36.4 Å². The van der Waals surface area contributed by atoms with Gasteiger partial charge in [0.1, 0.15) is 5.75 Å². The van der Waals surface area contributed by atoms with Gasteiger partial charge in [0.2, 0.25) is 0 Å². The number of hydrogen-bond acceptors (Lipinski definition) is 4. The van der Waals surface area contributed by atoms with Crippen molar-refractivity contribution in [2.24, 2.45) is 5.92 Å². The summed E-state index contributed by atoms with van der Waals surface area (Å²) < 4.78 is 9.81. The van der Waals surface area contributed by atoms with E-state index in [0.29, 0.717) is 5.56 Å². The number of methoxy groups -OCH3 is 2. The lowest BCUT2D eigenvalue weighted by Crippen LogP contribution is -2.16. The average Bonchev–Trinajstić information content (AvgIpc) is 2.52. The number of ether oxygens (including phenoxy) is 2. The molecule has 0 saturated heterocycles. The van der Waals surface area contributed by atoms with Crippen molar-refractivity contribution >= 4 is 22.5 Å². The van der Waals surface area contributed by atoms with Crippen molar-refractivity contribution in [3.63, 3.8) is 0 Å². The minimum absolute atomic E-state index is 0.0642. The quantitative estimate of drug-likeness (QED) is 0.625. The molecule has 0 aromatic heterocycles. The summed E-state index contributed by atoms with van der Waals surface area (Å²) in [5.74, 6) is -0.0885. The van der Waals surface area contributed by atoms with E-state index >= 15 is 0 Å². The van der Waals surface area contributed by atoms with Crippen LogP contribution in [-0.2, 0) is 9.53 Å². The molecule has 0 aliphatic carbocycles. The number of rotatable bonds is 5. The summed E-state index contributed by atoms with van der Waals surface area (Å²) in [7, 11) is 2.94. The van der Waals surface area contributed by atoms with Gasteiger partial charge in [-0.05, 0) is 29.0 Å². The molecule has 110 valence electrons. The van der Waals surface area contributed by atoms with Crippen molar-refractivity contribution in [2.45, 2.75) is 13.3 Å². The largest absolute Gasteiger partial charge is 0.497 e. The van der Waals surface area contributed by atoms with Gasteiger partial charge in [-0.15, -0.1) is 0 Å². The van der Waals surface area contributed by atoms with Crippen LogP contribution < -0.4 is 4.74 Å². The Morgan fingerprint density at radius 2 is 1.71 bits per heavy atom. The smallest absolute Gasteiger partial charge is 0.308 e. The van der Waals surface area contributed by atoms with Crippen LogP contribution in [0.3, 0.4) is 0 Å². The first-order valence-electron chi connectivity index (χ1n) is 6.74. The molecule has 21 heavy (non-hydrogen) atoms. The van der Waals surface area contributed by atoms with Crippen LogP contribution in [-0.4, -0.2) is 26.0 Å². The minimum Gasteiger partial charge on any atom is -0.497 e. The summed E-state index contributed by atoms with van der Waals surface area (Å²) >= 11 is 0. The van der Waals surface area contributed by atoms with Gasteiger partial charge in [-0.25, -0.2) is 0 Å². The van der Waals surface area contributed by atoms with Gasteiger partial charge >= 0.3 is 5.97 Å². The van der Waals surface area contributed by atoms with E-state index in [2.05, 4.69) is 4.74 Å². The molecule has 1 atom stereocenters. The van der Waals surface area contributed by atoms with Gasteiger partial charge < -0.3 is 9.47 Å². The van der Waals surface area contributed by atoms with Crippen LogP contribution in [0.4, 0.5) is 0 Å². The lowest BCUT2D eigenvalue weighted by molar-refractivity contribution is -0.144. The maximum atomic E-state index is 12.2. The van der Waals surface area contributed by atoms with Crippen LogP contribution >= 0.6 is 0 Å². The molecule has 2 aromatic carbocycles. The monoisotopic (exact) mass is 286 g/mol. The van der Waals surface area contributed by atoms with Gasteiger partial charge in [-0.3, -0.25) is 9.59 Å². The zero-order valence-electron chi connectivity index (χ0n) is 12.4. The molecular weight excluding hydrogens is 268 g/mol. The van der Waals surface area contributed by atoms with E-state index < -0.39 is 5.92 Å². The Labute approximate surface area is 123 Å². The fourth-order valence-electron chi connectivity index (χ4n) is 2.20. The van der Waals surface area contributed by atoms with Crippen molar-refractivity contribution in [1.29, 1.82) is 0 Å². The topological polar surface area (TPSA) is 52.6 Å². The van der Waals surface area contributed by atoms with Gasteiger partial charge in [-0.2, -0.15) is 0 Å². The van der Waals surface area contributed by atoms with E-state index in [9.17, 15) is 9.59 Å². The molecule has 0 spiro atoms. The molecular formula is C17H18O4. The summed E-state index contributed by atoms with van der Waals surface area (Å²) in [6, 6.07) is 11.2. The number of carbonyl (C=O) groups excluding carboxylic acids is 2. The number of carbonyl (C=O) groups is 2. The average molecular weight is 286 g/mol. The predicted molar refractivity (Wildman–Crippen MR) is 80.6 cm³/mol. The zero-order valence-corrected chi connectivity index (χ0v) is 12.4. The van der Waals surface area contributed by atoms with Crippen LogP contribution in [0.1, 0.15) is 23.7 Å². The summed E-state index contributed by atoms with van der Waals surface area (Å²) in [6.45, 7) is 1.69. The van der Waals surface area contributed by atoms with E-state index in [4.69, 9.17) is 4.74 Å². The van der Waals surface area contributed by atoms with Gasteiger partial charge in [-0.1, -0.05) is 25.1 Å². The number of benzene rings is 2. The molecule has 0 aliphatic rings. The zero-order chi connectivity index (χ0) is 15.4. The van der Waals surface area contributed by atoms with Gasteiger partial charge in [0, 0.05) is 12.0 Å². The molecule has 0 radical (unpaired) electrons. The molecule has 0 heterocycles. The normalized spacial score (nSPS) is 12.0. The Kier molecular flexibility index (Phi) is 4.58. The van der Waals surface area contributed by atoms with Gasteiger partial charge in [0.15, 0.2) is 5.78 Å². The van der Waals surface area contributed by atoms with Crippen molar-refractivity contribution in [2.75, 3.05) is 14.2 Å².